The average molecular weight is 304 g/mol. The van der Waals surface area contributed by atoms with Gasteiger partial charge in [-0.15, -0.1) is 12.4 Å². The lowest BCUT2D eigenvalue weighted by molar-refractivity contribution is 0.294. The highest BCUT2D eigenvalue weighted by atomic mass is 35.5. The molecule has 0 atom stereocenters. The maximum Gasteiger partial charge on any atom is -0.00190 e. The molecule has 0 saturated heterocycles. The van der Waals surface area contributed by atoms with Crippen LogP contribution < -0.4 is 0 Å². The second-order valence-corrected chi connectivity index (χ2v) is 6.44. The predicted molar refractivity (Wildman–Crippen MR) is 93.9 cm³/mol. The molecule has 2 heteroatoms. The Bertz CT molecular complexity index is 186. The van der Waals surface area contributed by atoms with Crippen molar-refractivity contribution in [3.8, 4) is 0 Å². The van der Waals surface area contributed by atoms with Crippen molar-refractivity contribution in [2.45, 2.75) is 90.9 Å². The van der Waals surface area contributed by atoms with E-state index in [2.05, 4.69) is 18.7 Å². The predicted octanol–water partition coefficient (Wildman–Crippen LogP) is 6.06. The van der Waals surface area contributed by atoms with Crippen molar-refractivity contribution >= 4 is 12.4 Å². The molecular weight excluding hydrogens is 266 g/mol. The fraction of sp³-hybridized carbons (Fsp3) is 1.00. The van der Waals surface area contributed by atoms with E-state index in [1.807, 2.05) is 0 Å². The van der Waals surface area contributed by atoms with E-state index in [0.717, 1.165) is 5.92 Å². The quantitative estimate of drug-likeness (QED) is 0.419. The summed E-state index contributed by atoms with van der Waals surface area (Å²) in [6.45, 7) is 8.30. The molecule has 1 rings (SSSR count). The van der Waals surface area contributed by atoms with Crippen molar-refractivity contribution in [1.82, 2.24) is 4.90 Å². The van der Waals surface area contributed by atoms with Crippen molar-refractivity contribution in [3.63, 3.8) is 0 Å². The second kappa shape index (κ2) is 14.2. The van der Waals surface area contributed by atoms with E-state index in [-0.39, 0.29) is 12.4 Å². The molecule has 0 spiro atoms. The van der Waals surface area contributed by atoms with Crippen LogP contribution in [0.15, 0.2) is 0 Å². The first-order valence-electron chi connectivity index (χ1n) is 9.09. The molecule has 0 aromatic carbocycles. The Morgan fingerprint density at radius 3 is 1.90 bits per heavy atom. The Balaban J connectivity index is 0.00000361. The monoisotopic (exact) mass is 303 g/mol. The summed E-state index contributed by atoms with van der Waals surface area (Å²) in [5, 5.41) is 0. The zero-order chi connectivity index (χ0) is 13.8. The van der Waals surface area contributed by atoms with Gasteiger partial charge in [0, 0.05) is 0 Å². The van der Waals surface area contributed by atoms with Crippen molar-refractivity contribution in [2.75, 3.05) is 19.6 Å². The molecule has 122 valence electrons. The number of halogens is 1. The fourth-order valence-electron chi connectivity index (χ4n) is 3.49. The molecule has 0 heterocycles. The highest BCUT2D eigenvalue weighted by Gasteiger charge is 2.12. The number of hydrogen-bond donors (Lipinski definition) is 0. The highest BCUT2D eigenvalue weighted by Crippen LogP contribution is 2.28. The first kappa shape index (κ1) is 20.2. The van der Waals surface area contributed by atoms with Gasteiger partial charge in [0.1, 0.15) is 0 Å². The minimum absolute atomic E-state index is 0. The summed E-state index contributed by atoms with van der Waals surface area (Å²) < 4.78 is 0. The van der Waals surface area contributed by atoms with E-state index >= 15 is 0 Å². The minimum Gasteiger partial charge on any atom is -0.304 e. The summed E-state index contributed by atoms with van der Waals surface area (Å²) >= 11 is 0. The van der Waals surface area contributed by atoms with Crippen LogP contribution in [0.3, 0.4) is 0 Å². The largest absolute Gasteiger partial charge is 0.304 e. The maximum absolute atomic E-state index is 2.54. The first-order valence-corrected chi connectivity index (χ1v) is 9.09. The zero-order valence-corrected chi connectivity index (χ0v) is 14.9. The standard InChI is InChI=1S/C18H37N.ClH/c1-3-19(4-2)17-13-8-6-5-7-10-14-18-15-11-9-12-16-18;/h18H,3-17H2,1-2H3;1H. The third-order valence-electron chi connectivity index (χ3n) is 4.96. The molecule has 0 bridgehead atoms. The maximum atomic E-state index is 2.54. The topological polar surface area (TPSA) is 3.24 Å². The Morgan fingerprint density at radius 2 is 1.30 bits per heavy atom. The van der Waals surface area contributed by atoms with Crippen LogP contribution in [-0.2, 0) is 0 Å². The van der Waals surface area contributed by atoms with Crippen LogP contribution in [0.4, 0.5) is 0 Å². The van der Waals surface area contributed by atoms with Crippen molar-refractivity contribution in [3.05, 3.63) is 0 Å². The van der Waals surface area contributed by atoms with Gasteiger partial charge < -0.3 is 4.90 Å². The van der Waals surface area contributed by atoms with Crippen LogP contribution in [0, 0.1) is 5.92 Å². The van der Waals surface area contributed by atoms with E-state index in [9.17, 15) is 0 Å². The van der Waals surface area contributed by atoms with E-state index in [1.165, 1.54) is 96.7 Å². The molecule has 1 fully saturated rings. The first-order chi connectivity index (χ1) is 9.36. The summed E-state index contributed by atoms with van der Waals surface area (Å²) in [5.41, 5.74) is 0. The van der Waals surface area contributed by atoms with Gasteiger partial charge in [0.25, 0.3) is 0 Å². The number of nitrogens with zero attached hydrogens (tertiary/aromatic N) is 1. The molecule has 0 aliphatic heterocycles. The fourth-order valence-corrected chi connectivity index (χ4v) is 3.49. The van der Waals surface area contributed by atoms with Gasteiger partial charge in [0.05, 0.1) is 0 Å². The SMILES string of the molecule is CCN(CC)CCCCCCCCC1CCCCC1.Cl. The third-order valence-corrected chi connectivity index (χ3v) is 4.96. The molecule has 0 aromatic heterocycles. The summed E-state index contributed by atoms with van der Waals surface area (Å²) in [6.07, 6.45) is 17.9. The van der Waals surface area contributed by atoms with Gasteiger partial charge in [0.2, 0.25) is 0 Å². The Labute approximate surface area is 134 Å². The second-order valence-electron chi connectivity index (χ2n) is 6.44. The molecule has 0 amide bonds. The van der Waals surface area contributed by atoms with E-state index in [1.54, 1.807) is 0 Å². The summed E-state index contributed by atoms with van der Waals surface area (Å²) in [5.74, 6) is 1.09. The molecular formula is C18H38ClN. The minimum atomic E-state index is 0. The van der Waals surface area contributed by atoms with E-state index < -0.39 is 0 Å². The lowest BCUT2D eigenvalue weighted by Gasteiger charge is -2.21. The number of hydrogen-bond acceptors (Lipinski definition) is 1. The number of rotatable bonds is 11. The summed E-state index contributed by atoms with van der Waals surface area (Å²) in [6, 6.07) is 0. The van der Waals surface area contributed by atoms with Crippen LogP contribution in [0.2, 0.25) is 0 Å². The number of unbranched alkanes of at least 4 members (excludes halogenated alkanes) is 5. The van der Waals surface area contributed by atoms with Crippen LogP contribution in [0.5, 0.6) is 0 Å². The summed E-state index contributed by atoms with van der Waals surface area (Å²) in [7, 11) is 0. The molecule has 1 aliphatic carbocycles. The molecule has 0 aromatic rings. The van der Waals surface area contributed by atoms with Gasteiger partial charge in [-0.25, -0.2) is 0 Å². The molecule has 0 radical (unpaired) electrons. The molecule has 20 heavy (non-hydrogen) atoms. The zero-order valence-electron chi connectivity index (χ0n) is 14.0. The molecule has 1 aliphatic rings. The van der Waals surface area contributed by atoms with E-state index in [4.69, 9.17) is 0 Å². The molecule has 0 unspecified atom stereocenters. The van der Waals surface area contributed by atoms with Crippen LogP contribution in [0.1, 0.15) is 90.9 Å². The van der Waals surface area contributed by atoms with Crippen LogP contribution in [0.25, 0.3) is 0 Å². The van der Waals surface area contributed by atoms with Gasteiger partial charge >= 0.3 is 0 Å². The van der Waals surface area contributed by atoms with Gasteiger partial charge in [-0.2, -0.15) is 0 Å². The van der Waals surface area contributed by atoms with Crippen molar-refractivity contribution < 1.29 is 0 Å². The third kappa shape index (κ3) is 10.0. The smallest absolute Gasteiger partial charge is 0.00190 e. The Hall–Kier alpha value is 0.250. The van der Waals surface area contributed by atoms with Gasteiger partial charge in [-0.3, -0.25) is 0 Å². The lowest BCUT2D eigenvalue weighted by atomic mass is 9.85. The van der Waals surface area contributed by atoms with Crippen LogP contribution in [-0.4, -0.2) is 24.5 Å². The molecule has 0 N–H and O–H groups in total. The van der Waals surface area contributed by atoms with Crippen LogP contribution >= 0.6 is 12.4 Å². The van der Waals surface area contributed by atoms with Crippen molar-refractivity contribution in [2.24, 2.45) is 5.92 Å². The highest BCUT2D eigenvalue weighted by molar-refractivity contribution is 5.85. The van der Waals surface area contributed by atoms with E-state index in [0.29, 0.717) is 0 Å². The lowest BCUT2D eigenvalue weighted by Crippen LogP contribution is -2.23. The Kier molecular flexibility index (Phi) is 14.4. The van der Waals surface area contributed by atoms with Gasteiger partial charge in [-0.05, 0) is 32.0 Å². The average Bonchev–Trinajstić information content (AvgIpc) is 2.47. The summed E-state index contributed by atoms with van der Waals surface area (Å²) in [4.78, 5) is 2.54. The normalized spacial score (nSPS) is 16.4. The Morgan fingerprint density at radius 1 is 0.750 bits per heavy atom. The van der Waals surface area contributed by atoms with Gasteiger partial charge in [0.15, 0.2) is 0 Å². The van der Waals surface area contributed by atoms with Gasteiger partial charge in [-0.1, -0.05) is 84.5 Å². The molecule has 1 nitrogen and oxygen atoms in total. The van der Waals surface area contributed by atoms with Crippen molar-refractivity contribution in [1.29, 1.82) is 0 Å². The molecule has 1 saturated carbocycles.